The molecule has 1 saturated heterocycles. The van der Waals surface area contributed by atoms with Gasteiger partial charge in [0.15, 0.2) is 0 Å². The van der Waals surface area contributed by atoms with Crippen LogP contribution in [0.4, 0.5) is 0 Å². The number of amidine groups is 1. The third-order valence-corrected chi connectivity index (χ3v) is 2.73. The van der Waals surface area contributed by atoms with Crippen molar-refractivity contribution in [2.45, 2.75) is 32.2 Å². The lowest BCUT2D eigenvalue weighted by molar-refractivity contribution is -0.120. The smallest absolute Gasteiger partial charge is 0.250 e. The number of hydrogen-bond donors (Lipinski definition) is 1. The molecule has 14 heavy (non-hydrogen) atoms. The predicted molar refractivity (Wildman–Crippen MR) is 53.2 cm³/mol. The zero-order valence-corrected chi connectivity index (χ0v) is 8.45. The van der Waals surface area contributed by atoms with E-state index in [1.54, 1.807) is 0 Å². The SMILES string of the molecule is CCCC1N=C(C2CCOC2)NC1=O. The molecule has 0 aromatic rings. The molecule has 1 N–H and O–H groups in total. The Morgan fingerprint density at radius 2 is 2.50 bits per heavy atom. The molecule has 0 bridgehead atoms. The molecule has 0 saturated carbocycles. The number of carbonyl (C=O) groups excluding carboxylic acids is 1. The molecule has 0 aliphatic carbocycles. The number of amides is 1. The van der Waals surface area contributed by atoms with Crippen molar-refractivity contribution in [3.8, 4) is 0 Å². The van der Waals surface area contributed by atoms with Crippen LogP contribution in [0, 0.1) is 5.92 Å². The maximum absolute atomic E-state index is 11.5. The number of nitrogens with one attached hydrogen (secondary N) is 1. The first-order valence-corrected chi connectivity index (χ1v) is 5.27. The van der Waals surface area contributed by atoms with E-state index in [0.717, 1.165) is 31.7 Å². The topological polar surface area (TPSA) is 50.7 Å². The Morgan fingerprint density at radius 3 is 3.14 bits per heavy atom. The second kappa shape index (κ2) is 4.09. The van der Waals surface area contributed by atoms with Crippen molar-refractivity contribution in [3.05, 3.63) is 0 Å². The van der Waals surface area contributed by atoms with E-state index in [9.17, 15) is 4.79 Å². The molecule has 0 spiro atoms. The van der Waals surface area contributed by atoms with Gasteiger partial charge in [-0.3, -0.25) is 9.79 Å². The van der Waals surface area contributed by atoms with Gasteiger partial charge in [-0.1, -0.05) is 13.3 Å². The van der Waals surface area contributed by atoms with E-state index in [2.05, 4.69) is 17.2 Å². The molecule has 2 rings (SSSR count). The normalized spacial score (nSPS) is 31.8. The minimum Gasteiger partial charge on any atom is -0.381 e. The number of rotatable bonds is 3. The lowest BCUT2D eigenvalue weighted by Crippen LogP contribution is -2.32. The van der Waals surface area contributed by atoms with Gasteiger partial charge < -0.3 is 10.1 Å². The number of aliphatic imine (C=N–C) groups is 1. The van der Waals surface area contributed by atoms with Crippen molar-refractivity contribution in [2.75, 3.05) is 13.2 Å². The Kier molecular flexibility index (Phi) is 2.82. The van der Waals surface area contributed by atoms with Gasteiger partial charge in [-0.25, -0.2) is 0 Å². The fourth-order valence-electron chi connectivity index (χ4n) is 1.90. The lowest BCUT2D eigenvalue weighted by Gasteiger charge is -2.05. The second-order valence-corrected chi connectivity index (χ2v) is 3.87. The first-order valence-electron chi connectivity index (χ1n) is 5.27. The fourth-order valence-corrected chi connectivity index (χ4v) is 1.90. The Morgan fingerprint density at radius 1 is 1.64 bits per heavy atom. The quantitative estimate of drug-likeness (QED) is 0.723. The van der Waals surface area contributed by atoms with Gasteiger partial charge in [0, 0.05) is 12.5 Å². The van der Waals surface area contributed by atoms with Crippen LogP contribution in [-0.2, 0) is 9.53 Å². The molecule has 2 aliphatic heterocycles. The van der Waals surface area contributed by atoms with Crippen molar-refractivity contribution in [1.82, 2.24) is 5.32 Å². The highest BCUT2D eigenvalue weighted by atomic mass is 16.5. The van der Waals surface area contributed by atoms with Crippen LogP contribution in [-0.4, -0.2) is 31.0 Å². The summed E-state index contributed by atoms with van der Waals surface area (Å²) in [5.41, 5.74) is 0. The minimum absolute atomic E-state index is 0.0637. The third-order valence-electron chi connectivity index (χ3n) is 2.73. The number of carbonyl (C=O) groups is 1. The van der Waals surface area contributed by atoms with Crippen molar-refractivity contribution in [2.24, 2.45) is 10.9 Å². The highest BCUT2D eigenvalue weighted by Crippen LogP contribution is 2.18. The fraction of sp³-hybridized carbons (Fsp3) is 0.800. The van der Waals surface area contributed by atoms with Crippen LogP contribution in [0.2, 0.25) is 0 Å². The molecule has 4 heteroatoms. The van der Waals surface area contributed by atoms with E-state index in [4.69, 9.17) is 4.74 Å². The van der Waals surface area contributed by atoms with Crippen LogP contribution in [0.1, 0.15) is 26.2 Å². The first-order chi connectivity index (χ1) is 6.81. The van der Waals surface area contributed by atoms with Crippen LogP contribution in [0.15, 0.2) is 4.99 Å². The number of ether oxygens (including phenoxy) is 1. The Hall–Kier alpha value is -0.900. The van der Waals surface area contributed by atoms with Crippen LogP contribution >= 0.6 is 0 Å². The summed E-state index contributed by atoms with van der Waals surface area (Å²) in [4.78, 5) is 15.9. The second-order valence-electron chi connectivity index (χ2n) is 3.87. The molecule has 2 heterocycles. The standard InChI is InChI=1S/C10H16N2O2/c1-2-3-8-10(13)12-9(11-8)7-4-5-14-6-7/h7-8H,2-6H2,1H3,(H,11,12,13). The van der Waals surface area contributed by atoms with E-state index in [1.165, 1.54) is 0 Å². The number of hydrogen-bond acceptors (Lipinski definition) is 3. The molecule has 1 amide bonds. The third kappa shape index (κ3) is 1.80. The number of nitrogens with zero attached hydrogens (tertiary/aromatic N) is 1. The molecule has 2 aliphatic rings. The van der Waals surface area contributed by atoms with E-state index < -0.39 is 0 Å². The molecule has 78 valence electrons. The van der Waals surface area contributed by atoms with Gasteiger partial charge in [0.25, 0.3) is 0 Å². The zero-order valence-electron chi connectivity index (χ0n) is 8.45. The highest BCUT2D eigenvalue weighted by Gasteiger charge is 2.31. The molecule has 4 nitrogen and oxygen atoms in total. The summed E-state index contributed by atoms with van der Waals surface area (Å²) in [5, 5.41) is 2.86. The van der Waals surface area contributed by atoms with Crippen molar-refractivity contribution in [3.63, 3.8) is 0 Å². The van der Waals surface area contributed by atoms with Gasteiger partial charge in [0.2, 0.25) is 5.91 Å². The average molecular weight is 196 g/mol. The Bertz CT molecular complexity index is 257. The summed E-state index contributed by atoms with van der Waals surface area (Å²) < 4.78 is 5.27. The molecule has 0 radical (unpaired) electrons. The van der Waals surface area contributed by atoms with E-state index in [1.807, 2.05) is 0 Å². The van der Waals surface area contributed by atoms with Crippen LogP contribution < -0.4 is 5.32 Å². The van der Waals surface area contributed by atoms with Crippen LogP contribution in [0.25, 0.3) is 0 Å². The molecule has 2 unspecified atom stereocenters. The van der Waals surface area contributed by atoms with Gasteiger partial charge in [0.05, 0.1) is 6.61 Å². The summed E-state index contributed by atoms with van der Waals surface area (Å²) in [7, 11) is 0. The molecule has 1 fully saturated rings. The lowest BCUT2D eigenvalue weighted by atomic mass is 10.1. The summed E-state index contributed by atoms with van der Waals surface area (Å²) in [6.07, 6.45) is 2.83. The Labute approximate surface area is 83.7 Å². The van der Waals surface area contributed by atoms with E-state index in [0.29, 0.717) is 12.5 Å². The van der Waals surface area contributed by atoms with Gasteiger partial charge in [-0.05, 0) is 12.8 Å². The van der Waals surface area contributed by atoms with Gasteiger partial charge >= 0.3 is 0 Å². The van der Waals surface area contributed by atoms with Gasteiger partial charge in [-0.2, -0.15) is 0 Å². The zero-order chi connectivity index (χ0) is 9.97. The summed E-state index contributed by atoms with van der Waals surface area (Å²) in [5.74, 6) is 1.24. The van der Waals surface area contributed by atoms with Crippen molar-refractivity contribution < 1.29 is 9.53 Å². The summed E-state index contributed by atoms with van der Waals surface area (Å²) in [6.45, 7) is 3.56. The average Bonchev–Trinajstić information content (AvgIpc) is 2.76. The van der Waals surface area contributed by atoms with E-state index >= 15 is 0 Å². The predicted octanol–water partition coefficient (Wildman–Crippen LogP) is 0.720. The van der Waals surface area contributed by atoms with Crippen LogP contribution in [0.3, 0.4) is 0 Å². The largest absolute Gasteiger partial charge is 0.381 e. The maximum Gasteiger partial charge on any atom is 0.250 e. The summed E-state index contributed by atoms with van der Waals surface area (Å²) >= 11 is 0. The van der Waals surface area contributed by atoms with Gasteiger partial charge in [0.1, 0.15) is 11.9 Å². The highest BCUT2D eigenvalue weighted by molar-refractivity contribution is 6.06. The molecule has 0 aromatic heterocycles. The molecular weight excluding hydrogens is 180 g/mol. The van der Waals surface area contributed by atoms with Crippen LogP contribution in [0.5, 0.6) is 0 Å². The van der Waals surface area contributed by atoms with Crippen molar-refractivity contribution in [1.29, 1.82) is 0 Å². The molecular formula is C10H16N2O2. The monoisotopic (exact) mass is 196 g/mol. The first kappa shape index (κ1) is 9.65. The minimum atomic E-state index is -0.143. The van der Waals surface area contributed by atoms with Gasteiger partial charge in [-0.15, -0.1) is 0 Å². The Balaban J connectivity index is 1.99. The molecule has 0 aromatic carbocycles. The molecule has 2 atom stereocenters. The van der Waals surface area contributed by atoms with Crippen molar-refractivity contribution >= 4 is 11.7 Å². The van der Waals surface area contributed by atoms with E-state index in [-0.39, 0.29) is 11.9 Å². The summed E-state index contributed by atoms with van der Waals surface area (Å²) in [6, 6.07) is -0.143. The maximum atomic E-state index is 11.5.